The molecule has 0 saturated carbocycles. The third-order valence-corrected chi connectivity index (χ3v) is 4.60. The topological polar surface area (TPSA) is 15.7 Å². The molecule has 2 fully saturated rings. The molecule has 2 aliphatic rings. The Hall–Kier alpha value is -0.120. The van der Waals surface area contributed by atoms with Crippen LogP contribution in [0.25, 0.3) is 0 Å². The van der Waals surface area contributed by atoms with Crippen molar-refractivity contribution in [3.63, 3.8) is 0 Å². The van der Waals surface area contributed by atoms with Crippen LogP contribution < -0.4 is 0 Å². The summed E-state index contributed by atoms with van der Waals surface area (Å²) in [5.74, 6) is 0.739. The first kappa shape index (κ1) is 14.3. The standard InChI is InChI=1S/C15H30N2O/c1-12(2)16-7-5-6-14(10-16)15-11-17(13(3)4)8-9-18-15/h12-15H,5-11H2,1-4H3. The van der Waals surface area contributed by atoms with Gasteiger partial charge in [-0.3, -0.25) is 4.90 Å². The van der Waals surface area contributed by atoms with Gasteiger partial charge in [0.1, 0.15) is 0 Å². The van der Waals surface area contributed by atoms with Crippen molar-refractivity contribution in [2.45, 2.75) is 58.7 Å². The average Bonchev–Trinajstić information content (AvgIpc) is 2.39. The van der Waals surface area contributed by atoms with Gasteiger partial charge in [0.25, 0.3) is 0 Å². The lowest BCUT2D eigenvalue weighted by Gasteiger charge is -2.43. The zero-order valence-electron chi connectivity index (χ0n) is 12.6. The van der Waals surface area contributed by atoms with E-state index in [0.29, 0.717) is 18.2 Å². The highest BCUT2D eigenvalue weighted by molar-refractivity contribution is 4.85. The van der Waals surface area contributed by atoms with Crippen LogP contribution in [0.2, 0.25) is 0 Å². The number of hydrogen-bond donors (Lipinski definition) is 0. The SMILES string of the molecule is CC(C)N1CCCC(C2CN(C(C)C)CCO2)C1. The van der Waals surface area contributed by atoms with Crippen LogP contribution in [-0.4, -0.2) is 60.8 Å². The molecule has 2 rings (SSSR count). The van der Waals surface area contributed by atoms with Crippen LogP contribution in [0.4, 0.5) is 0 Å². The molecule has 0 radical (unpaired) electrons. The van der Waals surface area contributed by atoms with Crippen LogP contribution in [0.5, 0.6) is 0 Å². The summed E-state index contributed by atoms with van der Waals surface area (Å²) in [6, 6.07) is 1.33. The molecule has 0 aromatic heterocycles. The van der Waals surface area contributed by atoms with Crippen molar-refractivity contribution in [3.8, 4) is 0 Å². The van der Waals surface area contributed by atoms with E-state index in [1.54, 1.807) is 0 Å². The quantitative estimate of drug-likeness (QED) is 0.768. The van der Waals surface area contributed by atoms with Crippen molar-refractivity contribution in [3.05, 3.63) is 0 Å². The number of piperidine rings is 1. The van der Waals surface area contributed by atoms with Gasteiger partial charge in [0.05, 0.1) is 12.7 Å². The Kier molecular flexibility index (Phi) is 5.05. The van der Waals surface area contributed by atoms with E-state index in [9.17, 15) is 0 Å². The van der Waals surface area contributed by atoms with Crippen LogP contribution in [0, 0.1) is 5.92 Å². The van der Waals surface area contributed by atoms with Gasteiger partial charge in [-0.1, -0.05) is 0 Å². The highest BCUT2D eigenvalue weighted by Crippen LogP contribution is 2.25. The Morgan fingerprint density at radius 3 is 2.28 bits per heavy atom. The van der Waals surface area contributed by atoms with Crippen molar-refractivity contribution in [1.29, 1.82) is 0 Å². The smallest absolute Gasteiger partial charge is 0.0743 e. The normalized spacial score (nSPS) is 32.3. The van der Waals surface area contributed by atoms with Gasteiger partial charge in [0.15, 0.2) is 0 Å². The minimum atomic E-state index is 0.461. The Morgan fingerprint density at radius 2 is 1.61 bits per heavy atom. The van der Waals surface area contributed by atoms with Crippen LogP contribution in [-0.2, 0) is 4.74 Å². The molecule has 18 heavy (non-hydrogen) atoms. The molecular formula is C15H30N2O. The number of likely N-dealkylation sites (tertiary alicyclic amines) is 1. The van der Waals surface area contributed by atoms with Gasteiger partial charge in [-0.15, -0.1) is 0 Å². The molecule has 2 aliphatic heterocycles. The van der Waals surface area contributed by atoms with Crippen molar-refractivity contribution in [2.24, 2.45) is 5.92 Å². The maximum absolute atomic E-state index is 6.06. The lowest BCUT2D eigenvalue weighted by Crippen LogP contribution is -2.52. The number of morpholine rings is 1. The maximum atomic E-state index is 6.06. The Bertz CT molecular complexity index is 229. The maximum Gasteiger partial charge on any atom is 0.0743 e. The largest absolute Gasteiger partial charge is 0.375 e. The first-order valence-corrected chi connectivity index (χ1v) is 7.67. The lowest BCUT2D eigenvalue weighted by molar-refractivity contribution is -0.0810. The van der Waals surface area contributed by atoms with E-state index in [2.05, 4.69) is 37.5 Å². The summed E-state index contributed by atoms with van der Waals surface area (Å²) < 4.78 is 6.06. The second-order valence-electron chi connectivity index (χ2n) is 6.49. The van der Waals surface area contributed by atoms with Crippen molar-refractivity contribution >= 4 is 0 Å². The summed E-state index contributed by atoms with van der Waals surface area (Å²) in [4.78, 5) is 5.19. The monoisotopic (exact) mass is 254 g/mol. The summed E-state index contributed by atoms with van der Waals surface area (Å²) in [6.07, 6.45) is 3.15. The van der Waals surface area contributed by atoms with Gasteiger partial charge in [0.2, 0.25) is 0 Å². The Morgan fingerprint density at radius 1 is 0.944 bits per heavy atom. The van der Waals surface area contributed by atoms with E-state index >= 15 is 0 Å². The molecule has 0 amide bonds. The molecule has 2 unspecified atom stereocenters. The van der Waals surface area contributed by atoms with Gasteiger partial charge in [0, 0.05) is 31.7 Å². The number of rotatable bonds is 3. The van der Waals surface area contributed by atoms with Crippen LogP contribution in [0.3, 0.4) is 0 Å². The fraction of sp³-hybridized carbons (Fsp3) is 1.00. The second kappa shape index (κ2) is 6.36. The Labute approximate surface area is 112 Å². The minimum absolute atomic E-state index is 0.461. The van der Waals surface area contributed by atoms with E-state index in [4.69, 9.17) is 4.74 Å². The molecule has 0 aromatic carbocycles. The molecule has 106 valence electrons. The molecule has 3 heteroatoms. The predicted molar refractivity (Wildman–Crippen MR) is 75.9 cm³/mol. The zero-order valence-corrected chi connectivity index (χ0v) is 12.6. The van der Waals surface area contributed by atoms with Crippen molar-refractivity contribution in [1.82, 2.24) is 9.80 Å². The molecule has 2 heterocycles. The van der Waals surface area contributed by atoms with E-state index in [1.807, 2.05) is 0 Å². The molecule has 0 N–H and O–H groups in total. The summed E-state index contributed by atoms with van der Waals surface area (Å²) in [6.45, 7) is 14.9. The minimum Gasteiger partial charge on any atom is -0.375 e. The van der Waals surface area contributed by atoms with Gasteiger partial charge in [-0.2, -0.15) is 0 Å². The molecule has 2 atom stereocenters. The molecular weight excluding hydrogens is 224 g/mol. The average molecular weight is 254 g/mol. The highest BCUT2D eigenvalue weighted by atomic mass is 16.5. The summed E-state index contributed by atoms with van der Waals surface area (Å²) >= 11 is 0. The first-order chi connectivity index (χ1) is 8.58. The molecule has 0 aliphatic carbocycles. The van der Waals surface area contributed by atoms with E-state index < -0.39 is 0 Å². The highest BCUT2D eigenvalue weighted by Gasteiger charge is 2.32. The van der Waals surface area contributed by atoms with E-state index in [0.717, 1.165) is 25.6 Å². The first-order valence-electron chi connectivity index (χ1n) is 7.67. The third kappa shape index (κ3) is 3.46. The fourth-order valence-electron chi connectivity index (χ4n) is 3.26. The van der Waals surface area contributed by atoms with Gasteiger partial charge in [-0.25, -0.2) is 0 Å². The van der Waals surface area contributed by atoms with E-state index in [-0.39, 0.29) is 0 Å². The molecule has 0 spiro atoms. The van der Waals surface area contributed by atoms with Gasteiger partial charge in [-0.05, 0) is 53.0 Å². The van der Waals surface area contributed by atoms with Crippen LogP contribution in [0.1, 0.15) is 40.5 Å². The third-order valence-electron chi connectivity index (χ3n) is 4.60. The predicted octanol–water partition coefficient (Wildman–Crippen LogP) is 2.22. The van der Waals surface area contributed by atoms with Crippen molar-refractivity contribution < 1.29 is 4.74 Å². The van der Waals surface area contributed by atoms with E-state index in [1.165, 1.54) is 25.9 Å². The molecule has 0 aromatic rings. The zero-order chi connectivity index (χ0) is 13.1. The summed E-state index contributed by atoms with van der Waals surface area (Å²) in [7, 11) is 0. The second-order valence-corrected chi connectivity index (χ2v) is 6.49. The molecule has 2 saturated heterocycles. The van der Waals surface area contributed by atoms with Gasteiger partial charge >= 0.3 is 0 Å². The van der Waals surface area contributed by atoms with Gasteiger partial charge < -0.3 is 9.64 Å². The molecule has 3 nitrogen and oxygen atoms in total. The van der Waals surface area contributed by atoms with Crippen LogP contribution in [0.15, 0.2) is 0 Å². The number of hydrogen-bond acceptors (Lipinski definition) is 3. The summed E-state index contributed by atoms with van der Waals surface area (Å²) in [5.41, 5.74) is 0. The lowest BCUT2D eigenvalue weighted by atomic mass is 9.90. The fourth-order valence-corrected chi connectivity index (χ4v) is 3.26. The molecule has 0 bridgehead atoms. The number of ether oxygens (including phenoxy) is 1. The summed E-state index contributed by atoms with van der Waals surface area (Å²) in [5, 5.41) is 0. The number of nitrogens with zero attached hydrogens (tertiary/aromatic N) is 2. The van der Waals surface area contributed by atoms with Crippen molar-refractivity contribution in [2.75, 3.05) is 32.8 Å². The Balaban J connectivity index is 1.90. The van der Waals surface area contributed by atoms with Crippen LogP contribution >= 0.6 is 0 Å².